The Morgan fingerprint density at radius 2 is 1.68 bits per heavy atom. The van der Waals surface area contributed by atoms with Crippen molar-refractivity contribution in [2.75, 3.05) is 0 Å². The lowest BCUT2D eigenvalue weighted by molar-refractivity contribution is -0.173. The standard InChI is InChI=1S/C26H31NO4/c1-18-14-16-21(17-15-18)26(2,3)31-25(30)23(28)22(19-10-6-4-7-11-19)27-24(29)20-12-8-5-9-13-20/h4-14,21-23,28H,15-17H2,1-3H3,(H,27,29)/t21-,22+,23-/m1/s1. The highest BCUT2D eigenvalue weighted by atomic mass is 16.6. The number of aliphatic hydroxyl groups is 1. The molecule has 3 atom stereocenters. The van der Waals surface area contributed by atoms with Crippen LogP contribution in [-0.4, -0.2) is 28.7 Å². The Labute approximate surface area is 184 Å². The van der Waals surface area contributed by atoms with E-state index in [4.69, 9.17) is 4.74 Å². The van der Waals surface area contributed by atoms with Gasteiger partial charge in [-0.05, 0) is 57.7 Å². The number of nitrogens with one attached hydrogen (secondary N) is 1. The van der Waals surface area contributed by atoms with Crippen molar-refractivity contribution in [3.63, 3.8) is 0 Å². The number of hydrogen-bond donors (Lipinski definition) is 2. The molecule has 0 saturated carbocycles. The number of amides is 1. The van der Waals surface area contributed by atoms with Crippen LogP contribution in [0.5, 0.6) is 0 Å². The maximum atomic E-state index is 13.0. The van der Waals surface area contributed by atoms with Gasteiger partial charge in [0.05, 0.1) is 6.04 Å². The quantitative estimate of drug-likeness (QED) is 0.507. The van der Waals surface area contributed by atoms with Crippen LogP contribution in [0.3, 0.4) is 0 Å². The lowest BCUT2D eigenvalue weighted by Gasteiger charge is -2.37. The van der Waals surface area contributed by atoms with Gasteiger partial charge in [0.1, 0.15) is 5.60 Å². The largest absolute Gasteiger partial charge is 0.457 e. The molecule has 0 unspecified atom stereocenters. The van der Waals surface area contributed by atoms with E-state index in [1.165, 1.54) is 5.57 Å². The summed E-state index contributed by atoms with van der Waals surface area (Å²) in [6.45, 7) is 5.88. The van der Waals surface area contributed by atoms with Gasteiger partial charge in [-0.25, -0.2) is 4.79 Å². The third kappa shape index (κ3) is 5.82. The van der Waals surface area contributed by atoms with Crippen LogP contribution in [0.1, 0.15) is 62.0 Å². The average molecular weight is 422 g/mol. The van der Waals surface area contributed by atoms with Crippen molar-refractivity contribution in [3.05, 3.63) is 83.4 Å². The summed E-state index contributed by atoms with van der Waals surface area (Å²) in [5, 5.41) is 13.7. The molecule has 5 nitrogen and oxygen atoms in total. The molecule has 31 heavy (non-hydrogen) atoms. The van der Waals surface area contributed by atoms with Gasteiger partial charge in [0, 0.05) is 11.5 Å². The van der Waals surface area contributed by atoms with Gasteiger partial charge in [0.15, 0.2) is 6.10 Å². The van der Waals surface area contributed by atoms with Crippen LogP contribution in [-0.2, 0) is 9.53 Å². The number of allylic oxidation sites excluding steroid dienone is 2. The maximum Gasteiger partial charge on any atom is 0.338 e. The highest BCUT2D eigenvalue weighted by Crippen LogP contribution is 2.35. The summed E-state index contributed by atoms with van der Waals surface area (Å²) in [6.07, 6.45) is 3.41. The van der Waals surface area contributed by atoms with E-state index in [9.17, 15) is 14.7 Å². The molecule has 1 aliphatic carbocycles. The normalized spacial score (nSPS) is 18.5. The lowest BCUT2D eigenvalue weighted by atomic mass is 9.79. The molecule has 0 aliphatic heterocycles. The van der Waals surface area contributed by atoms with Gasteiger partial charge in [-0.3, -0.25) is 4.79 Å². The Bertz CT molecular complexity index is 921. The Kier molecular flexibility index (Phi) is 7.29. The van der Waals surface area contributed by atoms with Gasteiger partial charge in [-0.15, -0.1) is 0 Å². The van der Waals surface area contributed by atoms with E-state index in [0.717, 1.165) is 19.3 Å². The Hall–Kier alpha value is -2.92. The topological polar surface area (TPSA) is 75.6 Å². The molecule has 5 heteroatoms. The monoisotopic (exact) mass is 421 g/mol. The van der Waals surface area contributed by atoms with E-state index < -0.39 is 23.7 Å². The highest BCUT2D eigenvalue weighted by molar-refractivity contribution is 5.94. The molecule has 0 saturated heterocycles. The number of carbonyl (C=O) groups excluding carboxylic acids is 2. The van der Waals surface area contributed by atoms with Gasteiger partial charge < -0.3 is 15.2 Å². The fraction of sp³-hybridized carbons (Fsp3) is 0.385. The average Bonchev–Trinajstić information content (AvgIpc) is 2.78. The molecular formula is C26H31NO4. The molecule has 3 rings (SSSR count). The molecule has 164 valence electrons. The minimum atomic E-state index is -1.53. The summed E-state index contributed by atoms with van der Waals surface area (Å²) in [4.78, 5) is 25.7. The molecule has 0 aromatic heterocycles. The van der Waals surface area contributed by atoms with Crippen LogP contribution < -0.4 is 5.32 Å². The van der Waals surface area contributed by atoms with E-state index in [2.05, 4.69) is 18.3 Å². The highest BCUT2D eigenvalue weighted by Gasteiger charge is 2.38. The molecule has 1 amide bonds. The molecule has 0 heterocycles. The predicted octanol–water partition coefficient (Wildman–Crippen LogP) is 4.59. The third-order valence-corrected chi connectivity index (χ3v) is 6.02. The van der Waals surface area contributed by atoms with E-state index in [0.29, 0.717) is 11.1 Å². The summed E-state index contributed by atoms with van der Waals surface area (Å²) in [6, 6.07) is 16.8. The fourth-order valence-corrected chi connectivity index (χ4v) is 3.95. The first kappa shape index (κ1) is 22.8. The van der Waals surface area contributed by atoms with Gasteiger partial charge in [0.25, 0.3) is 5.91 Å². The van der Waals surface area contributed by atoms with Crippen LogP contribution in [0.4, 0.5) is 0 Å². The molecule has 2 aromatic rings. The van der Waals surface area contributed by atoms with E-state index >= 15 is 0 Å². The third-order valence-electron chi connectivity index (χ3n) is 6.02. The van der Waals surface area contributed by atoms with Crippen molar-refractivity contribution in [1.29, 1.82) is 0 Å². The van der Waals surface area contributed by atoms with Crippen molar-refractivity contribution in [3.8, 4) is 0 Å². The van der Waals surface area contributed by atoms with Gasteiger partial charge in [-0.1, -0.05) is 60.2 Å². The van der Waals surface area contributed by atoms with Crippen molar-refractivity contribution >= 4 is 11.9 Å². The zero-order valence-electron chi connectivity index (χ0n) is 18.4. The van der Waals surface area contributed by atoms with Gasteiger partial charge in [-0.2, -0.15) is 0 Å². The summed E-state index contributed by atoms with van der Waals surface area (Å²) in [7, 11) is 0. The summed E-state index contributed by atoms with van der Waals surface area (Å²) >= 11 is 0. The number of benzene rings is 2. The number of esters is 1. The molecule has 0 spiro atoms. The van der Waals surface area contributed by atoms with Crippen LogP contribution >= 0.6 is 0 Å². The second-order valence-electron chi connectivity index (χ2n) is 8.72. The summed E-state index contributed by atoms with van der Waals surface area (Å²) in [5.74, 6) is -0.923. The second-order valence-corrected chi connectivity index (χ2v) is 8.72. The number of carbonyl (C=O) groups is 2. The number of ether oxygens (including phenoxy) is 1. The molecule has 0 radical (unpaired) electrons. The Morgan fingerprint density at radius 3 is 2.26 bits per heavy atom. The fourth-order valence-electron chi connectivity index (χ4n) is 3.95. The molecule has 1 aliphatic rings. The minimum Gasteiger partial charge on any atom is -0.457 e. The summed E-state index contributed by atoms with van der Waals surface area (Å²) < 4.78 is 5.79. The molecule has 2 aromatic carbocycles. The maximum absolute atomic E-state index is 13.0. The van der Waals surface area contributed by atoms with Crippen LogP contribution in [0.25, 0.3) is 0 Å². The van der Waals surface area contributed by atoms with Gasteiger partial charge in [0.2, 0.25) is 0 Å². The van der Waals surface area contributed by atoms with Crippen molar-refractivity contribution < 1.29 is 19.4 Å². The van der Waals surface area contributed by atoms with Crippen molar-refractivity contribution in [2.24, 2.45) is 5.92 Å². The first-order chi connectivity index (χ1) is 14.8. The zero-order valence-corrected chi connectivity index (χ0v) is 18.4. The molecular weight excluding hydrogens is 390 g/mol. The first-order valence-electron chi connectivity index (χ1n) is 10.8. The van der Waals surface area contributed by atoms with E-state index in [1.54, 1.807) is 48.5 Å². The Balaban J connectivity index is 1.76. The summed E-state index contributed by atoms with van der Waals surface area (Å²) in [5.41, 5.74) is 1.71. The number of hydrogen-bond acceptors (Lipinski definition) is 4. The first-order valence-corrected chi connectivity index (χ1v) is 10.8. The SMILES string of the molecule is CC1=CC[C@@H](C(C)(C)OC(=O)[C@H](O)[C@@H](NC(=O)c2ccccc2)c2ccccc2)CC1. The van der Waals surface area contributed by atoms with Gasteiger partial charge >= 0.3 is 5.97 Å². The van der Waals surface area contributed by atoms with Crippen LogP contribution in [0.15, 0.2) is 72.3 Å². The molecule has 0 bridgehead atoms. The second kappa shape index (κ2) is 9.92. The lowest BCUT2D eigenvalue weighted by Crippen LogP contribution is -2.45. The number of aliphatic hydroxyl groups excluding tert-OH is 1. The van der Waals surface area contributed by atoms with E-state index in [1.807, 2.05) is 26.0 Å². The predicted molar refractivity (Wildman–Crippen MR) is 120 cm³/mol. The smallest absolute Gasteiger partial charge is 0.338 e. The zero-order chi connectivity index (χ0) is 22.4. The molecule has 0 fully saturated rings. The van der Waals surface area contributed by atoms with E-state index in [-0.39, 0.29) is 11.8 Å². The van der Waals surface area contributed by atoms with Crippen LogP contribution in [0, 0.1) is 5.92 Å². The van der Waals surface area contributed by atoms with Crippen molar-refractivity contribution in [1.82, 2.24) is 5.32 Å². The van der Waals surface area contributed by atoms with Crippen molar-refractivity contribution in [2.45, 2.75) is 57.8 Å². The minimum absolute atomic E-state index is 0.182. The van der Waals surface area contributed by atoms with Crippen LogP contribution in [0.2, 0.25) is 0 Å². The molecule has 2 N–H and O–H groups in total. The number of rotatable bonds is 7. The Morgan fingerprint density at radius 1 is 1.06 bits per heavy atom.